The van der Waals surface area contributed by atoms with E-state index in [4.69, 9.17) is 5.11 Å². The van der Waals surface area contributed by atoms with Crippen LogP contribution in [-0.2, 0) is 18.3 Å². The van der Waals surface area contributed by atoms with Crippen LogP contribution in [0.1, 0.15) is 18.4 Å². The van der Waals surface area contributed by atoms with Crippen molar-refractivity contribution in [3.63, 3.8) is 0 Å². The van der Waals surface area contributed by atoms with Gasteiger partial charge in [-0.1, -0.05) is 35.5 Å². The quantitative estimate of drug-likeness (QED) is 0.715. The van der Waals surface area contributed by atoms with Gasteiger partial charge in [0.2, 0.25) is 0 Å². The van der Waals surface area contributed by atoms with Gasteiger partial charge in [-0.3, -0.25) is 14.8 Å². The van der Waals surface area contributed by atoms with Gasteiger partial charge in [0.1, 0.15) is 0 Å². The second-order valence-corrected chi connectivity index (χ2v) is 5.19. The Balaban J connectivity index is 1.95. The SMILES string of the molecule is Cn1cc(NC(=O)NC(CCC(=O)O)Cc2ccccc2)nn1. The van der Waals surface area contributed by atoms with Gasteiger partial charge in [-0.2, -0.15) is 0 Å². The Labute approximate surface area is 133 Å². The zero-order chi connectivity index (χ0) is 16.7. The summed E-state index contributed by atoms with van der Waals surface area (Å²) in [4.78, 5) is 22.8. The summed E-state index contributed by atoms with van der Waals surface area (Å²) in [5.74, 6) is -0.555. The molecule has 3 N–H and O–H groups in total. The average molecular weight is 317 g/mol. The molecule has 0 aliphatic heterocycles. The van der Waals surface area contributed by atoms with Crippen molar-refractivity contribution >= 4 is 17.8 Å². The number of amides is 2. The second kappa shape index (κ2) is 7.92. The van der Waals surface area contributed by atoms with Gasteiger partial charge in [-0.05, 0) is 18.4 Å². The number of nitrogens with zero attached hydrogens (tertiary/aromatic N) is 3. The summed E-state index contributed by atoms with van der Waals surface area (Å²) in [5.41, 5.74) is 1.03. The summed E-state index contributed by atoms with van der Waals surface area (Å²) in [5, 5.41) is 21.7. The highest BCUT2D eigenvalue weighted by atomic mass is 16.4. The molecule has 122 valence electrons. The van der Waals surface area contributed by atoms with E-state index in [2.05, 4.69) is 20.9 Å². The monoisotopic (exact) mass is 317 g/mol. The van der Waals surface area contributed by atoms with E-state index in [1.54, 1.807) is 13.2 Å². The van der Waals surface area contributed by atoms with Gasteiger partial charge in [-0.15, -0.1) is 5.10 Å². The van der Waals surface area contributed by atoms with Crippen LogP contribution < -0.4 is 10.6 Å². The minimum absolute atomic E-state index is 0.0110. The number of benzene rings is 1. The van der Waals surface area contributed by atoms with Crippen molar-refractivity contribution in [2.24, 2.45) is 7.05 Å². The van der Waals surface area contributed by atoms with E-state index in [0.29, 0.717) is 18.7 Å². The molecule has 2 aromatic rings. The predicted octanol–water partition coefficient (Wildman–Crippen LogP) is 1.41. The van der Waals surface area contributed by atoms with Crippen molar-refractivity contribution in [3.05, 3.63) is 42.1 Å². The molecular formula is C15H19N5O3. The van der Waals surface area contributed by atoms with Crippen LogP contribution in [-0.4, -0.2) is 38.1 Å². The topological polar surface area (TPSA) is 109 Å². The minimum Gasteiger partial charge on any atom is -0.481 e. The number of aliphatic carboxylic acids is 1. The molecule has 1 heterocycles. The Morgan fingerprint density at radius 1 is 1.30 bits per heavy atom. The number of anilines is 1. The first-order chi connectivity index (χ1) is 11.0. The highest BCUT2D eigenvalue weighted by Crippen LogP contribution is 2.08. The fourth-order valence-corrected chi connectivity index (χ4v) is 2.16. The normalized spacial score (nSPS) is 11.7. The molecule has 1 aromatic heterocycles. The Hall–Kier alpha value is -2.90. The number of carbonyl (C=O) groups excluding carboxylic acids is 1. The molecule has 0 radical (unpaired) electrons. The highest BCUT2D eigenvalue weighted by molar-refractivity contribution is 5.88. The van der Waals surface area contributed by atoms with E-state index in [1.807, 2.05) is 30.3 Å². The summed E-state index contributed by atoms with van der Waals surface area (Å²) in [7, 11) is 1.70. The van der Waals surface area contributed by atoms with Crippen molar-refractivity contribution in [3.8, 4) is 0 Å². The number of hydrogen-bond acceptors (Lipinski definition) is 4. The summed E-state index contributed by atoms with van der Waals surface area (Å²) in [6.45, 7) is 0. The Bertz CT molecular complexity index is 656. The van der Waals surface area contributed by atoms with E-state index in [9.17, 15) is 9.59 Å². The summed E-state index contributed by atoms with van der Waals surface area (Å²) >= 11 is 0. The first-order valence-corrected chi connectivity index (χ1v) is 7.22. The molecule has 2 amide bonds. The van der Waals surface area contributed by atoms with Gasteiger partial charge < -0.3 is 10.4 Å². The van der Waals surface area contributed by atoms with Gasteiger partial charge in [-0.25, -0.2) is 4.79 Å². The van der Waals surface area contributed by atoms with Gasteiger partial charge in [0.25, 0.3) is 0 Å². The molecule has 0 saturated heterocycles. The predicted molar refractivity (Wildman–Crippen MR) is 84.0 cm³/mol. The molecule has 1 aromatic carbocycles. The van der Waals surface area contributed by atoms with Crippen molar-refractivity contribution < 1.29 is 14.7 Å². The Morgan fingerprint density at radius 2 is 2.04 bits per heavy atom. The molecule has 0 saturated carbocycles. The average Bonchev–Trinajstić information content (AvgIpc) is 2.90. The lowest BCUT2D eigenvalue weighted by Gasteiger charge is -2.18. The molecule has 0 bridgehead atoms. The first-order valence-electron chi connectivity index (χ1n) is 7.22. The lowest BCUT2D eigenvalue weighted by molar-refractivity contribution is -0.137. The zero-order valence-electron chi connectivity index (χ0n) is 12.8. The number of carboxylic acids is 1. The molecular weight excluding hydrogens is 298 g/mol. The lowest BCUT2D eigenvalue weighted by atomic mass is 10.0. The van der Waals surface area contributed by atoms with E-state index in [-0.39, 0.29) is 12.5 Å². The third-order valence-corrected chi connectivity index (χ3v) is 3.21. The summed E-state index contributed by atoms with van der Waals surface area (Å²) < 4.78 is 1.47. The Kier molecular flexibility index (Phi) is 5.67. The second-order valence-electron chi connectivity index (χ2n) is 5.19. The van der Waals surface area contributed by atoms with Crippen LogP contribution in [0.25, 0.3) is 0 Å². The minimum atomic E-state index is -0.890. The van der Waals surface area contributed by atoms with Gasteiger partial charge in [0.05, 0.1) is 6.20 Å². The Morgan fingerprint density at radius 3 is 2.65 bits per heavy atom. The number of nitrogens with one attached hydrogen (secondary N) is 2. The lowest BCUT2D eigenvalue weighted by Crippen LogP contribution is -2.39. The molecule has 8 heteroatoms. The molecule has 1 atom stereocenters. The summed E-state index contributed by atoms with van der Waals surface area (Å²) in [6.07, 6.45) is 2.46. The van der Waals surface area contributed by atoms with Crippen LogP contribution in [0.15, 0.2) is 36.5 Å². The number of aryl methyl sites for hydroxylation is 1. The first kappa shape index (κ1) is 16.5. The third-order valence-electron chi connectivity index (χ3n) is 3.21. The number of carboxylic acid groups (broad SMARTS) is 1. The van der Waals surface area contributed by atoms with Crippen molar-refractivity contribution in [2.45, 2.75) is 25.3 Å². The zero-order valence-corrected chi connectivity index (χ0v) is 12.8. The van der Waals surface area contributed by atoms with E-state index in [0.717, 1.165) is 5.56 Å². The molecule has 0 spiro atoms. The largest absolute Gasteiger partial charge is 0.481 e. The van der Waals surface area contributed by atoms with Crippen LogP contribution >= 0.6 is 0 Å². The maximum Gasteiger partial charge on any atom is 0.320 e. The maximum absolute atomic E-state index is 12.0. The van der Waals surface area contributed by atoms with E-state index < -0.39 is 12.0 Å². The fourth-order valence-electron chi connectivity index (χ4n) is 2.16. The van der Waals surface area contributed by atoms with Gasteiger partial charge >= 0.3 is 12.0 Å². The summed E-state index contributed by atoms with van der Waals surface area (Å²) in [6, 6.07) is 8.88. The van der Waals surface area contributed by atoms with Crippen molar-refractivity contribution in [2.75, 3.05) is 5.32 Å². The van der Waals surface area contributed by atoms with Crippen LogP contribution in [0, 0.1) is 0 Å². The fraction of sp³-hybridized carbons (Fsp3) is 0.333. The van der Waals surface area contributed by atoms with Crippen LogP contribution in [0.3, 0.4) is 0 Å². The number of carbonyl (C=O) groups is 2. The van der Waals surface area contributed by atoms with Gasteiger partial charge in [0.15, 0.2) is 5.82 Å². The van der Waals surface area contributed by atoms with E-state index >= 15 is 0 Å². The highest BCUT2D eigenvalue weighted by Gasteiger charge is 2.15. The molecule has 0 fully saturated rings. The van der Waals surface area contributed by atoms with Crippen LogP contribution in [0.4, 0.5) is 10.6 Å². The van der Waals surface area contributed by atoms with Crippen molar-refractivity contribution in [1.29, 1.82) is 0 Å². The number of hydrogen-bond donors (Lipinski definition) is 3. The van der Waals surface area contributed by atoms with Gasteiger partial charge in [0, 0.05) is 19.5 Å². The standard InChI is InChI=1S/C15H19N5O3/c1-20-10-13(18-19-20)17-15(23)16-12(7-8-14(21)22)9-11-5-3-2-4-6-11/h2-6,10,12H,7-9H2,1H3,(H,21,22)(H2,16,17,23). The molecule has 0 aliphatic rings. The molecule has 1 unspecified atom stereocenters. The third kappa shape index (κ3) is 5.77. The number of urea groups is 1. The van der Waals surface area contributed by atoms with Crippen molar-refractivity contribution in [1.82, 2.24) is 20.3 Å². The number of rotatable bonds is 7. The van der Waals surface area contributed by atoms with Crippen LogP contribution in [0.5, 0.6) is 0 Å². The van der Waals surface area contributed by atoms with Crippen LogP contribution in [0.2, 0.25) is 0 Å². The molecule has 0 aliphatic carbocycles. The molecule has 8 nitrogen and oxygen atoms in total. The maximum atomic E-state index is 12.0. The molecule has 23 heavy (non-hydrogen) atoms. The smallest absolute Gasteiger partial charge is 0.320 e. The molecule has 2 rings (SSSR count). The number of aromatic nitrogens is 3. The van der Waals surface area contributed by atoms with E-state index in [1.165, 1.54) is 4.68 Å².